The second-order valence-corrected chi connectivity index (χ2v) is 6.46. The van der Waals surface area contributed by atoms with Gasteiger partial charge in [-0.3, -0.25) is 14.4 Å². The normalized spacial score (nSPS) is 10.6. The maximum Gasteiger partial charge on any atom is 0.322 e. The first-order chi connectivity index (χ1) is 13.3. The Balaban J connectivity index is 1.65. The standard InChI is InChI=1S/C20H19N3O5/c1-11-7-12(2)19-15(23-28-16(19)8-11)9-17(24)22-14-5-3-13(4-6-14)20(27)21-10-18(25)26/h3-8H,9-10H2,1-2H3,(H,21,27)(H,22,24)(H,25,26). The first-order valence-corrected chi connectivity index (χ1v) is 8.59. The lowest BCUT2D eigenvalue weighted by Crippen LogP contribution is -2.29. The van der Waals surface area contributed by atoms with Gasteiger partial charge in [0, 0.05) is 16.6 Å². The van der Waals surface area contributed by atoms with Crippen LogP contribution in [0.3, 0.4) is 0 Å². The number of carbonyl (C=O) groups is 3. The zero-order chi connectivity index (χ0) is 20.3. The predicted molar refractivity (Wildman–Crippen MR) is 102 cm³/mol. The van der Waals surface area contributed by atoms with Crippen molar-refractivity contribution in [3.8, 4) is 0 Å². The Morgan fingerprint density at radius 2 is 1.82 bits per heavy atom. The van der Waals surface area contributed by atoms with Gasteiger partial charge in [-0.15, -0.1) is 0 Å². The Morgan fingerprint density at radius 3 is 2.50 bits per heavy atom. The predicted octanol–water partition coefficient (Wildman–Crippen LogP) is 2.44. The second-order valence-electron chi connectivity index (χ2n) is 6.46. The van der Waals surface area contributed by atoms with Crippen molar-refractivity contribution in [3.63, 3.8) is 0 Å². The molecule has 2 amide bonds. The molecule has 3 N–H and O–H groups in total. The first kappa shape index (κ1) is 19.1. The monoisotopic (exact) mass is 381 g/mol. The molecule has 3 rings (SSSR count). The molecule has 0 radical (unpaired) electrons. The number of aliphatic carboxylic acids is 1. The van der Waals surface area contributed by atoms with Gasteiger partial charge in [-0.2, -0.15) is 0 Å². The van der Waals surface area contributed by atoms with Gasteiger partial charge in [0.1, 0.15) is 12.2 Å². The van der Waals surface area contributed by atoms with Crippen LogP contribution in [0, 0.1) is 13.8 Å². The maximum atomic E-state index is 12.4. The second kappa shape index (κ2) is 7.91. The highest BCUT2D eigenvalue weighted by Gasteiger charge is 2.15. The number of aromatic nitrogens is 1. The van der Waals surface area contributed by atoms with Crippen molar-refractivity contribution in [2.75, 3.05) is 11.9 Å². The van der Waals surface area contributed by atoms with E-state index >= 15 is 0 Å². The lowest BCUT2D eigenvalue weighted by molar-refractivity contribution is -0.135. The topological polar surface area (TPSA) is 122 Å². The molecule has 0 aliphatic rings. The molecule has 0 saturated heterocycles. The van der Waals surface area contributed by atoms with E-state index in [0.717, 1.165) is 16.5 Å². The molecule has 0 fully saturated rings. The highest BCUT2D eigenvalue weighted by Crippen LogP contribution is 2.24. The molecule has 144 valence electrons. The van der Waals surface area contributed by atoms with Gasteiger partial charge in [-0.25, -0.2) is 0 Å². The Bertz CT molecular complexity index is 1050. The molecule has 0 atom stereocenters. The van der Waals surface area contributed by atoms with Crippen molar-refractivity contribution >= 4 is 34.4 Å². The van der Waals surface area contributed by atoms with Crippen molar-refractivity contribution in [2.24, 2.45) is 0 Å². The molecule has 0 spiro atoms. The quantitative estimate of drug-likeness (QED) is 0.603. The summed E-state index contributed by atoms with van der Waals surface area (Å²) in [5.74, 6) is -1.89. The minimum absolute atomic E-state index is 0.0533. The molecule has 2 aromatic carbocycles. The molecule has 1 heterocycles. The van der Waals surface area contributed by atoms with E-state index in [0.29, 0.717) is 22.5 Å². The first-order valence-electron chi connectivity index (χ1n) is 8.59. The van der Waals surface area contributed by atoms with Crippen LogP contribution in [0.25, 0.3) is 11.0 Å². The number of benzene rings is 2. The van der Waals surface area contributed by atoms with E-state index < -0.39 is 18.4 Å². The van der Waals surface area contributed by atoms with Crippen LogP contribution in [-0.2, 0) is 16.0 Å². The Morgan fingerprint density at radius 1 is 1.11 bits per heavy atom. The summed E-state index contributed by atoms with van der Waals surface area (Å²) in [6, 6.07) is 10.0. The number of nitrogens with zero attached hydrogens (tertiary/aromatic N) is 1. The van der Waals surface area contributed by atoms with E-state index in [1.807, 2.05) is 26.0 Å². The zero-order valence-corrected chi connectivity index (χ0v) is 15.4. The van der Waals surface area contributed by atoms with E-state index in [4.69, 9.17) is 9.63 Å². The number of rotatable bonds is 6. The summed E-state index contributed by atoms with van der Waals surface area (Å²) in [6.07, 6.45) is 0.0533. The van der Waals surface area contributed by atoms with Crippen molar-refractivity contribution in [3.05, 3.63) is 58.8 Å². The van der Waals surface area contributed by atoms with Crippen LogP contribution in [-0.4, -0.2) is 34.6 Å². The van der Waals surface area contributed by atoms with E-state index in [1.54, 1.807) is 12.1 Å². The minimum Gasteiger partial charge on any atom is -0.480 e. The van der Waals surface area contributed by atoms with E-state index in [2.05, 4.69) is 15.8 Å². The van der Waals surface area contributed by atoms with Crippen molar-refractivity contribution in [2.45, 2.75) is 20.3 Å². The largest absolute Gasteiger partial charge is 0.480 e. The molecule has 0 aliphatic heterocycles. The summed E-state index contributed by atoms with van der Waals surface area (Å²) in [6.45, 7) is 3.46. The number of anilines is 1. The van der Waals surface area contributed by atoms with Gasteiger partial charge in [0.05, 0.1) is 6.42 Å². The van der Waals surface area contributed by atoms with Crippen molar-refractivity contribution in [1.82, 2.24) is 10.5 Å². The average molecular weight is 381 g/mol. The summed E-state index contributed by atoms with van der Waals surface area (Å²) in [5, 5.41) is 18.4. The molecular formula is C20H19N3O5. The SMILES string of the molecule is Cc1cc(C)c2c(CC(=O)Nc3ccc(C(=O)NCC(=O)O)cc3)noc2c1. The Hall–Kier alpha value is -3.68. The zero-order valence-electron chi connectivity index (χ0n) is 15.4. The molecule has 28 heavy (non-hydrogen) atoms. The molecule has 0 aliphatic carbocycles. The molecule has 8 nitrogen and oxygen atoms in total. The van der Waals surface area contributed by atoms with E-state index in [9.17, 15) is 14.4 Å². The van der Waals surface area contributed by atoms with Crippen LogP contribution in [0.4, 0.5) is 5.69 Å². The van der Waals surface area contributed by atoms with Gasteiger partial charge in [-0.05, 0) is 55.3 Å². The van der Waals surface area contributed by atoms with Crippen LogP contribution in [0.1, 0.15) is 27.2 Å². The Labute approximate surface area is 160 Å². The highest BCUT2D eigenvalue weighted by molar-refractivity contribution is 5.98. The van der Waals surface area contributed by atoms with Gasteiger partial charge in [0.15, 0.2) is 5.58 Å². The summed E-state index contributed by atoms with van der Waals surface area (Å²) < 4.78 is 5.33. The average Bonchev–Trinajstić information content (AvgIpc) is 3.02. The molecule has 0 bridgehead atoms. The fourth-order valence-corrected chi connectivity index (χ4v) is 2.96. The van der Waals surface area contributed by atoms with Gasteiger partial charge in [-0.1, -0.05) is 11.2 Å². The van der Waals surface area contributed by atoms with Crippen LogP contribution < -0.4 is 10.6 Å². The third-order valence-electron chi connectivity index (χ3n) is 4.15. The fourth-order valence-electron chi connectivity index (χ4n) is 2.96. The summed E-state index contributed by atoms with van der Waals surface area (Å²) in [5.41, 5.74) is 4.08. The minimum atomic E-state index is -1.12. The van der Waals surface area contributed by atoms with Gasteiger partial charge in [0.2, 0.25) is 5.91 Å². The number of hydrogen-bond acceptors (Lipinski definition) is 5. The number of amides is 2. The van der Waals surface area contributed by atoms with Crippen LogP contribution in [0.15, 0.2) is 40.9 Å². The van der Waals surface area contributed by atoms with Crippen molar-refractivity contribution < 1.29 is 24.0 Å². The smallest absolute Gasteiger partial charge is 0.322 e. The van der Waals surface area contributed by atoms with E-state index in [1.165, 1.54) is 12.1 Å². The number of carbonyl (C=O) groups excluding carboxylic acids is 2. The lowest BCUT2D eigenvalue weighted by Gasteiger charge is -2.06. The number of aryl methyl sites for hydroxylation is 2. The molecular weight excluding hydrogens is 362 g/mol. The molecule has 3 aromatic rings. The summed E-state index contributed by atoms with van der Waals surface area (Å²) >= 11 is 0. The number of fused-ring (bicyclic) bond motifs is 1. The van der Waals surface area contributed by atoms with Crippen LogP contribution in [0.5, 0.6) is 0 Å². The van der Waals surface area contributed by atoms with Crippen molar-refractivity contribution in [1.29, 1.82) is 0 Å². The number of carboxylic acid groups (broad SMARTS) is 1. The number of hydrogen-bond donors (Lipinski definition) is 3. The summed E-state index contributed by atoms with van der Waals surface area (Å²) in [4.78, 5) is 34.6. The third-order valence-corrected chi connectivity index (χ3v) is 4.15. The lowest BCUT2D eigenvalue weighted by atomic mass is 10.0. The molecule has 0 unspecified atom stereocenters. The summed E-state index contributed by atoms with van der Waals surface area (Å²) in [7, 11) is 0. The fraction of sp³-hybridized carbons (Fsp3) is 0.200. The molecule has 0 saturated carbocycles. The maximum absolute atomic E-state index is 12.4. The van der Waals surface area contributed by atoms with Gasteiger partial charge >= 0.3 is 5.97 Å². The van der Waals surface area contributed by atoms with E-state index in [-0.39, 0.29) is 12.3 Å². The van der Waals surface area contributed by atoms with Gasteiger partial charge in [0.25, 0.3) is 5.91 Å². The van der Waals surface area contributed by atoms with Crippen LogP contribution >= 0.6 is 0 Å². The Kier molecular flexibility index (Phi) is 5.39. The third kappa shape index (κ3) is 4.35. The molecule has 8 heteroatoms. The molecule has 1 aromatic heterocycles. The number of carboxylic acids is 1. The van der Waals surface area contributed by atoms with Gasteiger partial charge < -0.3 is 20.3 Å². The number of nitrogens with one attached hydrogen (secondary N) is 2. The van der Waals surface area contributed by atoms with Crippen LogP contribution in [0.2, 0.25) is 0 Å². The highest BCUT2D eigenvalue weighted by atomic mass is 16.5.